The number of aliphatic imine (C=N–C) groups is 1. The van der Waals surface area contributed by atoms with Crippen molar-refractivity contribution in [3.05, 3.63) is 62.6 Å². The van der Waals surface area contributed by atoms with Gasteiger partial charge in [0.15, 0.2) is 0 Å². The summed E-state index contributed by atoms with van der Waals surface area (Å²) in [6, 6.07) is 12.5. The summed E-state index contributed by atoms with van der Waals surface area (Å²) < 4.78 is 1.19. The minimum Gasteiger partial charge on any atom is -0.387 e. The second-order valence-electron chi connectivity index (χ2n) is 7.83. The summed E-state index contributed by atoms with van der Waals surface area (Å²) in [5, 5.41) is 11.6. The van der Waals surface area contributed by atoms with E-state index in [-0.39, 0.29) is 0 Å². The van der Waals surface area contributed by atoms with Crippen molar-refractivity contribution in [2.24, 2.45) is 10.9 Å². The average Bonchev–Trinajstić information content (AvgIpc) is 3.43. The Morgan fingerprint density at radius 2 is 1.92 bits per heavy atom. The molecule has 1 aliphatic heterocycles. The molecule has 2 aromatic carbocycles. The summed E-state index contributed by atoms with van der Waals surface area (Å²) in [7, 11) is 0. The third-order valence-corrected chi connectivity index (χ3v) is 7.10. The van der Waals surface area contributed by atoms with Gasteiger partial charge in [0, 0.05) is 15.4 Å². The van der Waals surface area contributed by atoms with Crippen molar-refractivity contribution in [3.63, 3.8) is 0 Å². The van der Waals surface area contributed by atoms with Crippen LogP contribution >= 0.6 is 27.5 Å². The molecule has 2 unspecified atom stereocenters. The van der Waals surface area contributed by atoms with E-state index in [0.29, 0.717) is 17.8 Å². The molecule has 134 valence electrons. The van der Waals surface area contributed by atoms with Gasteiger partial charge in [0.1, 0.15) is 0 Å². The van der Waals surface area contributed by atoms with Gasteiger partial charge < -0.3 is 5.11 Å². The zero-order chi connectivity index (χ0) is 17.8. The molecular formula is C22H21BrClNO. The highest BCUT2D eigenvalue weighted by molar-refractivity contribution is 9.10. The molecule has 0 bridgehead atoms. The number of aliphatic hydroxyl groups is 1. The van der Waals surface area contributed by atoms with Crippen LogP contribution in [0.25, 0.3) is 0 Å². The lowest BCUT2D eigenvalue weighted by molar-refractivity contribution is 0.236. The van der Waals surface area contributed by atoms with E-state index in [4.69, 9.17) is 16.6 Å². The van der Waals surface area contributed by atoms with E-state index in [1.807, 2.05) is 18.2 Å². The van der Waals surface area contributed by atoms with Gasteiger partial charge in [0.05, 0.1) is 17.5 Å². The topological polar surface area (TPSA) is 32.6 Å². The number of hydrogen-bond acceptors (Lipinski definition) is 2. The second kappa shape index (κ2) is 6.47. The zero-order valence-corrected chi connectivity index (χ0v) is 16.8. The molecule has 2 aliphatic carbocycles. The van der Waals surface area contributed by atoms with Crippen LogP contribution in [0.4, 0.5) is 5.69 Å². The Hall–Kier alpha value is -1.16. The lowest BCUT2D eigenvalue weighted by Crippen LogP contribution is -2.19. The lowest BCUT2D eigenvalue weighted by atomic mass is 9.82. The molecule has 1 N–H and O–H groups in total. The van der Waals surface area contributed by atoms with Crippen LogP contribution in [0.5, 0.6) is 0 Å². The molecule has 1 heterocycles. The highest BCUT2D eigenvalue weighted by Crippen LogP contribution is 2.51. The molecule has 2 saturated carbocycles. The van der Waals surface area contributed by atoms with E-state index in [0.717, 1.165) is 35.7 Å². The smallest absolute Gasteiger partial charge is 0.0930 e. The number of nitrogens with zero attached hydrogens (tertiary/aromatic N) is 1. The lowest BCUT2D eigenvalue weighted by Gasteiger charge is -2.23. The monoisotopic (exact) mass is 429 g/mol. The zero-order valence-electron chi connectivity index (χ0n) is 14.5. The fraction of sp³-hybridized carbons (Fsp3) is 0.409. The van der Waals surface area contributed by atoms with Gasteiger partial charge in [-0.3, -0.25) is 4.99 Å². The van der Waals surface area contributed by atoms with E-state index < -0.39 is 6.10 Å². The predicted molar refractivity (Wildman–Crippen MR) is 110 cm³/mol. The first-order valence-corrected chi connectivity index (χ1v) is 10.6. The van der Waals surface area contributed by atoms with Gasteiger partial charge in [0.25, 0.3) is 0 Å². The molecule has 2 aromatic rings. The summed E-state index contributed by atoms with van der Waals surface area (Å²) in [6.07, 6.45) is 4.86. The minimum atomic E-state index is -0.453. The van der Waals surface area contributed by atoms with Crippen LogP contribution in [0.15, 0.2) is 45.9 Å². The van der Waals surface area contributed by atoms with Gasteiger partial charge in [-0.25, -0.2) is 0 Å². The number of benzene rings is 2. The standard InChI is InChI=1S/C22H21BrClNO/c23-18-3-1-2-15(12-4-5-12)21(18)17-11-20(26)22-16(17)8-6-13-10-14(24)7-9-19(13)25-22/h1-3,7,9-10,12,16-17,20,26H,4-6,8,11H2/t16?,17-,20?/m0/s1. The first kappa shape index (κ1) is 17.0. The number of aliphatic hydroxyl groups excluding tert-OH is 1. The molecular weight excluding hydrogens is 410 g/mol. The van der Waals surface area contributed by atoms with Crippen molar-refractivity contribution in [2.45, 2.75) is 50.0 Å². The number of fused-ring (bicyclic) bond motifs is 2. The number of aryl methyl sites for hydroxylation is 1. The molecule has 0 radical (unpaired) electrons. The van der Waals surface area contributed by atoms with E-state index in [1.54, 1.807) is 0 Å². The second-order valence-corrected chi connectivity index (χ2v) is 9.12. The van der Waals surface area contributed by atoms with Gasteiger partial charge in [0.2, 0.25) is 0 Å². The molecule has 2 fully saturated rings. The van der Waals surface area contributed by atoms with Crippen LogP contribution in [0.3, 0.4) is 0 Å². The van der Waals surface area contributed by atoms with Crippen LogP contribution < -0.4 is 0 Å². The van der Waals surface area contributed by atoms with E-state index >= 15 is 0 Å². The fourth-order valence-corrected chi connectivity index (χ4v) is 5.68. The molecule has 3 atom stereocenters. The Morgan fingerprint density at radius 3 is 2.73 bits per heavy atom. The van der Waals surface area contributed by atoms with Crippen molar-refractivity contribution in [2.75, 3.05) is 0 Å². The number of hydrogen-bond donors (Lipinski definition) is 1. The summed E-state index contributed by atoms with van der Waals surface area (Å²) in [4.78, 5) is 4.91. The quantitative estimate of drug-likeness (QED) is 0.607. The SMILES string of the molecule is OC1C[C@H](c2c(Br)cccc2C2CC2)C2CCc3cc(Cl)ccc3N=C12. The van der Waals surface area contributed by atoms with E-state index in [1.165, 1.54) is 34.0 Å². The molecule has 3 aliphatic rings. The highest BCUT2D eigenvalue weighted by atomic mass is 79.9. The predicted octanol–water partition coefficient (Wildman–Crippen LogP) is 6.16. The van der Waals surface area contributed by atoms with Crippen LogP contribution in [0.1, 0.15) is 54.2 Å². The minimum absolute atomic E-state index is 0.298. The maximum atomic E-state index is 10.8. The number of rotatable bonds is 2. The molecule has 0 saturated heterocycles. The maximum Gasteiger partial charge on any atom is 0.0930 e. The van der Waals surface area contributed by atoms with Crippen molar-refractivity contribution < 1.29 is 5.11 Å². The highest BCUT2D eigenvalue weighted by Gasteiger charge is 2.43. The first-order chi connectivity index (χ1) is 12.6. The van der Waals surface area contributed by atoms with Crippen molar-refractivity contribution in [3.8, 4) is 0 Å². The van der Waals surface area contributed by atoms with E-state index in [9.17, 15) is 5.11 Å². The largest absolute Gasteiger partial charge is 0.387 e. The van der Waals surface area contributed by atoms with Crippen molar-refractivity contribution in [1.29, 1.82) is 0 Å². The molecule has 4 heteroatoms. The van der Waals surface area contributed by atoms with Gasteiger partial charge >= 0.3 is 0 Å². The molecule has 5 rings (SSSR count). The summed E-state index contributed by atoms with van der Waals surface area (Å²) >= 11 is 9.99. The Morgan fingerprint density at radius 1 is 1.08 bits per heavy atom. The van der Waals surface area contributed by atoms with E-state index in [2.05, 4.69) is 34.1 Å². The Balaban J connectivity index is 1.58. The molecule has 2 nitrogen and oxygen atoms in total. The Labute approximate surface area is 167 Å². The van der Waals surface area contributed by atoms with Gasteiger partial charge in [-0.05, 0) is 84.9 Å². The van der Waals surface area contributed by atoms with Gasteiger partial charge in [-0.15, -0.1) is 0 Å². The van der Waals surface area contributed by atoms with Crippen molar-refractivity contribution >= 4 is 38.9 Å². The number of halogens is 2. The van der Waals surface area contributed by atoms with Crippen molar-refractivity contribution in [1.82, 2.24) is 0 Å². The summed E-state index contributed by atoms with van der Waals surface area (Å²) in [6.45, 7) is 0. The van der Waals surface area contributed by atoms with Gasteiger partial charge in [-0.1, -0.05) is 39.7 Å². The normalized spacial score (nSPS) is 27.5. The van der Waals surface area contributed by atoms with Crippen LogP contribution in [0.2, 0.25) is 5.02 Å². The average molecular weight is 431 g/mol. The maximum absolute atomic E-state index is 10.8. The molecule has 26 heavy (non-hydrogen) atoms. The molecule has 0 spiro atoms. The van der Waals surface area contributed by atoms with Gasteiger partial charge in [-0.2, -0.15) is 0 Å². The third-order valence-electron chi connectivity index (χ3n) is 6.17. The van der Waals surface area contributed by atoms with Crippen LogP contribution in [-0.4, -0.2) is 16.9 Å². The fourth-order valence-electron chi connectivity index (χ4n) is 4.81. The first-order valence-electron chi connectivity index (χ1n) is 9.45. The van der Waals surface area contributed by atoms with Crippen LogP contribution in [-0.2, 0) is 6.42 Å². The Kier molecular flexibility index (Phi) is 4.22. The molecule has 0 amide bonds. The Bertz CT molecular complexity index is 905. The summed E-state index contributed by atoms with van der Waals surface area (Å²) in [5.74, 6) is 1.33. The summed E-state index contributed by atoms with van der Waals surface area (Å²) in [5.41, 5.74) is 6.02. The molecule has 0 aromatic heterocycles. The van der Waals surface area contributed by atoms with Crippen LogP contribution in [0, 0.1) is 5.92 Å². The third kappa shape index (κ3) is 2.85.